The highest BCUT2D eigenvalue weighted by atomic mass is 15.3. The molecule has 1 saturated carbocycles. The van der Waals surface area contributed by atoms with Gasteiger partial charge in [0.25, 0.3) is 0 Å². The van der Waals surface area contributed by atoms with E-state index < -0.39 is 0 Å². The Bertz CT molecular complexity index is 748. The molecular formula is C19H19N3. The molecule has 0 aromatic rings. The lowest BCUT2D eigenvalue weighted by atomic mass is 9.44. The summed E-state index contributed by atoms with van der Waals surface area (Å²) in [6.45, 7) is 5.35. The lowest BCUT2D eigenvalue weighted by Gasteiger charge is -2.58. The highest BCUT2D eigenvalue weighted by Gasteiger charge is 2.61. The van der Waals surface area contributed by atoms with Gasteiger partial charge < -0.3 is 0 Å². The van der Waals surface area contributed by atoms with Gasteiger partial charge in [0.2, 0.25) is 0 Å². The fraction of sp³-hybridized carbons (Fsp3) is 0.368. The van der Waals surface area contributed by atoms with Gasteiger partial charge in [0.15, 0.2) is 0 Å². The van der Waals surface area contributed by atoms with Crippen LogP contribution in [-0.4, -0.2) is 18.1 Å². The summed E-state index contributed by atoms with van der Waals surface area (Å²) < 4.78 is 0. The van der Waals surface area contributed by atoms with Gasteiger partial charge in [-0.15, -0.1) is 0 Å². The van der Waals surface area contributed by atoms with E-state index in [-0.39, 0.29) is 10.8 Å². The van der Waals surface area contributed by atoms with Crippen molar-refractivity contribution in [1.29, 1.82) is 0 Å². The predicted molar refractivity (Wildman–Crippen MR) is 89.8 cm³/mol. The van der Waals surface area contributed by atoms with Crippen molar-refractivity contribution in [2.75, 3.05) is 6.67 Å². The largest absolute Gasteiger partial charge is 0.288 e. The minimum Gasteiger partial charge on any atom is -0.288 e. The Morgan fingerprint density at radius 3 is 2.09 bits per heavy atom. The van der Waals surface area contributed by atoms with E-state index in [1.807, 2.05) is 0 Å². The number of nitrogens with one attached hydrogen (secondary N) is 1. The summed E-state index contributed by atoms with van der Waals surface area (Å²) in [5, 5.41) is 4.64. The van der Waals surface area contributed by atoms with Crippen LogP contribution in [0.4, 0.5) is 0 Å². The van der Waals surface area contributed by atoms with Gasteiger partial charge >= 0.3 is 0 Å². The minimum absolute atomic E-state index is 0.0344. The molecule has 22 heavy (non-hydrogen) atoms. The molecule has 0 amide bonds. The molecule has 1 N–H and O–H groups in total. The second-order valence-corrected chi connectivity index (χ2v) is 6.89. The van der Waals surface area contributed by atoms with Crippen molar-refractivity contribution < 1.29 is 0 Å². The molecule has 1 heterocycles. The van der Waals surface area contributed by atoms with E-state index in [2.05, 4.69) is 60.8 Å². The van der Waals surface area contributed by atoms with Gasteiger partial charge in [0.05, 0.1) is 5.71 Å². The zero-order chi connectivity index (χ0) is 14.9. The zero-order valence-electron chi connectivity index (χ0n) is 13.0. The Balaban J connectivity index is 1.91. The fourth-order valence-corrected chi connectivity index (χ4v) is 4.92. The normalized spacial score (nSPS) is 37.4. The van der Waals surface area contributed by atoms with E-state index >= 15 is 0 Å². The summed E-state index contributed by atoms with van der Waals surface area (Å²) >= 11 is 0. The van der Waals surface area contributed by atoms with Gasteiger partial charge in [-0.2, -0.15) is 5.10 Å². The summed E-state index contributed by atoms with van der Waals surface area (Å²) in [6, 6.07) is 0. The second-order valence-electron chi connectivity index (χ2n) is 6.89. The van der Waals surface area contributed by atoms with Crippen molar-refractivity contribution >= 4 is 11.4 Å². The SMILES string of the molecule is C[C@@]12C3=CCC=C1C1=NCNN=C1C1=CCC=C(C=C3)[C@]12C. The predicted octanol–water partition coefficient (Wildman–Crippen LogP) is 3.45. The third-order valence-corrected chi connectivity index (χ3v) is 6.23. The molecule has 3 nitrogen and oxygen atoms in total. The van der Waals surface area contributed by atoms with Crippen LogP contribution in [0, 0.1) is 10.8 Å². The zero-order valence-corrected chi connectivity index (χ0v) is 13.0. The Labute approximate surface area is 130 Å². The first-order valence-corrected chi connectivity index (χ1v) is 8.04. The average molecular weight is 289 g/mol. The van der Waals surface area contributed by atoms with E-state index in [1.165, 1.54) is 22.3 Å². The molecule has 0 aromatic heterocycles. The molecule has 0 saturated heterocycles. The van der Waals surface area contributed by atoms with Crippen molar-refractivity contribution in [1.82, 2.24) is 5.43 Å². The van der Waals surface area contributed by atoms with Crippen LogP contribution in [0.3, 0.4) is 0 Å². The Kier molecular flexibility index (Phi) is 2.13. The minimum atomic E-state index is -0.0467. The summed E-state index contributed by atoms with van der Waals surface area (Å²) in [4.78, 5) is 4.78. The maximum absolute atomic E-state index is 4.78. The smallest absolute Gasteiger partial charge is 0.124 e. The highest BCUT2D eigenvalue weighted by Crippen LogP contribution is 2.65. The number of allylic oxidation sites excluding steroid dienone is 10. The lowest BCUT2D eigenvalue weighted by Crippen LogP contribution is -2.56. The van der Waals surface area contributed by atoms with Crippen molar-refractivity contribution in [3.63, 3.8) is 0 Å². The first-order valence-electron chi connectivity index (χ1n) is 8.04. The van der Waals surface area contributed by atoms with Crippen LogP contribution >= 0.6 is 0 Å². The number of aliphatic imine (C=N–C) groups is 1. The molecule has 2 atom stereocenters. The van der Waals surface area contributed by atoms with Crippen LogP contribution in [0.25, 0.3) is 0 Å². The summed E-state index contributed by atoms with van der Waals surface area (Å²) in [7, 11) is 0. The third kappa shape index (κ3) is 1.13. The third-order valence-electron chi connectivity index (χ3n) is 6.23. The Hall–Kier alpha value is -2.16. The molecule has 0 bridgehead atoms. The van der Waals surface area contributed by atoms with Crippen LogP contribution < -0.4 is 5.43 Å². The molecule has 0 spiro atoms. The standard InChI is InChI=1S/C19H19N3/c1-18-12-5-3-7-14(18)16-17(22-21-11-20-16)15-8-4-6-13(10-9-12)19(15,18)2/h5-10,21H,3-4,11H2,1-2H3/t18-,19-/m1/s1. The van der Waals surface area contributed by atoms with Crippen molar-refractivity contribution in [2.24, 2.45) is 20.9 Å². The number of hydrazone groups is 1. The van der Waals surface area contributed by atoms with Gasteiger partial charge in [-0.25, -0.2) is 0 Å². The lowest BCUT2D eigenvalue weighted by molar-refractivity contribution is 0.252. The van der Waals surface area contributed by atoms with Crippen LogP contribution in [0.15, 0.2) is 68.8 Å². The van der Waals surface area contributed by atoms with Crippen LogP contribution in [0.5, 0.6) is 0 Å². The first-order chi connectivity index (χ1) is 10.7. The Morgan fingerprint density at radius 2 is 1.45 bits per heavy atom. The molecule has 0 aromatic carbocycles. The number of hydrogen-bond acceptors (Lipinski definition) is 3. The van der Waals surface area contributed by atoms with Crippen molar-refractivity contribution in [3.8, 4) is 0 Å². The van der Waals surface area contributed by atoms with Gasteiger partial charge in [0, 0.05) is 10.8 Å². The number of nitrogens with zero attached hydrogens (tertiary/aromatic N) is 2. The van der Waals surface area contributed by atoms with Gasteiger partial charge in [-0.05, 0) is 35.1 Å². The topological polar surface area (TPSA) is 36.8 Å². The average Bonchev–Trinajstić information content (AvgIpc) is 2.54. The Morgan fingerprint density at radius 1 is 0.864 bits per heavy atom. The van der Waals surface area contributed by atoms with Gasteiger partial charge in [-0.3, -0.25) is 10.4 Å². The second kappa shape index (κ2) is 3.78. The summed E-state index contributed by atoms with van der Waals surface area (Å²) in [6.07, 6.45) is 16.0. The van der Waals surface area contributed by atoms with E-state index in [9.17, 15) is 0 Å². The van der Waals surface area contributed by atoms with E-state index in [4.69, 9.17) is 4.99 Å². The van der Waals surface area contributed by atoms with E-state index in [0.29, 0.717) is 6.67 Å². The molecule has 5 aliphatic rings. The molecule has 0 radical (unpaired) electrons. The molecule has 110 valence electrons. The quantitative estimate of drug-likeness (QED) is 0.728. The monoisotopic (exact) mass is 289 g/mol. The molecule has 5 rings (SSSR count). The van der Waals surface area contributed by atoms with Crippen LogP contribution in [0.2, 0.25) is 0 Å². The van der Waals surface area contributed by atoms with Crippen LogP contribution in [0.1, 0.15) is 26.7 Å². The molecule has 0 unspecified atom stereocenters. The number of hydrogen-bond donors (Lipinski definition) is 1. The number of fused-ring (bicyclic) bond motifs is 3. The van der Waals surface area contributed by atoms with Gasteiger partial charge in [0.1, 0.15) is 12.4 Å². The molecule has 1 aliphatic heterocycles. The van der Waals surface area contributed by atoms with E-state index in [1.54, 1.807) is 0 Å². The summed E-state index contributed by atoms with van der Waals surface area (Å²) in [5.74, 6) is 0. The first kappa shape index (κ1) is 12.4. The van der Waals surface area contributed by atoms with Crippen molar-refractivity contribution in [3.05, 3.63) is 58.7 Å². The molecular weight excluding hydrogens is 270 g/mol. The fourth-order valence-electron chi connectivity index (χ4n) is 4.92. The number of rotatable bonds is 0. The molecule has 3 heteroatoms. The summed E-state index contributed by atoms with van der Waals surface area (Å²) in [5.41, 5.74) is 10.7. The maximum Gasteiger partial charge on any atom is 0.124 e. The van der Waals surface area contributed by atoms with Crippen molar-refractivity contribution in [2.45, 2.75) is 26.7 Å². The molecule has 1 fully saturated rings. The van der Waals surface area contributed by atoms with E-state index in [0.717, 1.165) is 24.3 Å². The maximum atomic E-state index is 4.78. The highest BCUT2D eigenvalue weighted by molar-refractivity contribution is 6.55. The molecule has 4 aliphatic carbocycles. The van der Waals surface area contributed by atoms with Crippen LogP contribution in [-0.2, 0) is 0 Å². The van der Waals surface area contributed by atoms with Gasteiger partial charge in [-0.1, -0.05) is 50.3 Å².